The van der Waals surface area contributed by atoms with E-state index in [1.165, 1.54) is 10.8 Å². The van der Waals surface area contributed by atoms with Crippen LogP contribution < -0.4 is 0 Å². The molecule has 1 radical (unpaired) electrons. The van der Waals surface area contributed by atoms with Crippen LogP contribution in [0.4, 0.5) is 0 Å². The molecule has 0 atom stereocenters. The van der Waals surface area contributed by atoms with Gasteiger partial charge in [0.1, 0.15) is 0 Å². The quantitative estimate of drug-likeness (QED) is 0.128. The molecule has 0 unspecified atom stereocenters. The second-order valence-electron chi connectivity index (χ2n) is 12.3. The van der Waals surface area contributed by atoms with Crippen LogP contribution in [0.2, 0.25) is 0 Å². The maximum Gasteiger partial charge on any atom is 0.0723 e. The van der Waals surface area contributed by atoms with Gasteiger partial charge in [0.2, 0.25) is 0 Å². The van der Waals surface area contributed by atoms with Crippen LogP contribution in [0.5, 0.6) is 0 Å². The van der Waals surface area contributed by atoms with Crippen molar-refractivity contribution in [1.82, 2.24) is 9.38 Å². The van der Waals surface area contributed by atoms with Crippen molar-refractivity contribution >= 4 is 27.3 Å². The molecule has 4 nitrogen and oxygen atoms in total. The Hall–Kier alpha value is -2.56. The van der Waals surface area contributed by atoms with Crippen LogP contribution in [0.25, 0.3) is 38.6 Å². The molecule has 0 saturated carbocycles. The average molecular weight is 686 g/mol. The normalized spacial score (nSPS) is 12.4. The zero-order valence-corrected chi connectivity index (χ0v) is 25.6. The summed E-state index contributed by atoms with van der Waals surface area (Å²) >= 11 is 0. The van der Waals surface area contributed by atoms with Crippen molar-refractivity contribution in [3.05, 3.63) is 84.1 Å². The number of para-hydroxylation sites is 1. The summed E-state index contributed by atoms with van der Waals surface area (Å²) in [6, 6.07) is 24.6. The Labute approximate surface area is 239 Å². The fourth-order valence-electron chi connectivity index (χ4n) is 4.85. The smallest absolute Gasteiger partial charge is 0.0723 e. The Morgan fingerprint density at radius 2 is 1.37 bits per heavy atom. The van der Waals surface area contributed by atoms with E-state index in [-0.39, 0.29) is 30.9 Å². The predicted octanol–water partition coefficient (Wildman–Crippen LogP) is 8.23. The number of imidazole rings is 1. The van der Waals surface area contributed by atoms with Gasteiger partial charge in [-0.1, -0.05) is 83.3 Å². The molecule has 0 amide bonds. The summed E-state index contributed by atoms with van der Waals surface area (Å²) in [7, 11) is 0. The molecule has 0 aliphatic heterocycles. The molecule has 5 heteroatoms. The molecule has 0 aliphatic rings. The Morgan fingerprint density at radius 1 is 0.763 bits per heavy atom. The standard InChI is InChI=1S/C33H37N2O2.Ir/c1-32(2,3)21-36-19-23-12-11-13-24(20-37-22-33(4,5)6)30(23)29-18-34-31-27-16-8-7-14-25(27)26-15-9-10-17-28(26)35(29)31;/h7-15,17-18H,19-22H2,1-6H3;/q-1;. The zero-order valence-electron chi connectivity index (χ0n) is 23.2. The second-order valence-corrected chi connectivity index (χ2v) is 12.3. The van der Waals surface area contributed by atoms with E-state index in [1.54, 1.807) is 0 Å². The molecule has 0 N–H and O–H groups in total. The van der Waals surface area contributed by atoms with Crippen molar-refractivity contribution in [3.63, 3.8) is 0 Å². The molecule has 201 valence electrons. The molecule has 0 spiro atoms. The van der Waals surface area contributed by atoms with Crippen molar-refractivity contribution < 1.29 is 29.6 Å². The van der Waals surface area contributed by atoms with Gasteiger partial charge in [-0.25, -0.2) is 0 Å². The Balaban J connectivity index is 0.00000336. The van der Waals surface area contributed by atoms with E-state index in [1.807, 2.05) is 18.3 Å². The third kappa shape index (κ3) is 6.02. The third-order valence-electron chi connectivity index (χ3n) is 6.36. The number of benzene rings is 3. The van der Waals surface area contributed by atoms with Crippen LogP contribution in [-0.2, 0) is 42.8 Å². The summed E-state index contributed by atoms with van der Waals surface area (Å²) in [4.78, 5) is 4.94. The van der Waals surface area contributed by atoms with E-state index < -0.39 is 0 Å². The molecule has 0 bridgehead atoms. The van der Waals surface area contributed by atoms with Gasteiger partial charge in [0, 0.05) is 37.4 Å². The number of hydrogen-bond donors (Lipinski definition) is 0. The molecule has 38 heavy (non-hydrogen) atoms. The summed E-state index contributed by atoms with van der Waals surface area (Å²) in [6.07, 6.45) is 2.00. The summed E-state index contributed by atoms with van der Waals surface area (Å²) in [5, 5.41) is 3.38. The number of rotatable bonds is 7. The van der Waals surface area contributed by atoms with Crippen LogP contribution in [0.1, 0.15) is 52.7 Å². The van der Waals surface area contributed by atoms with E-state index in [4.69, 9.17) is 14.5 Å². The number of nitrogens with zero attached hydrogens (tertiary/aromatic N) is 2. The van der Waals surface area contributed by atoms with Gasteiger partial charge in [-0.15, -0.1) is 29.7 Å². The fraction of sp³-hybridized carbons (Fsp3) is 0.364. The average Bonchev–Trinajstić information content (AvgIpc) is 3.28. The van der Waals surface area contributed by atoms with Gasteiger partial charge in [0.25, 0.3) is 0 Å². The molecule has 2 aromatic heterocycles. The minimum atomic E-state index is 0. The van der Waals surface area contributed by atoms with Crippen molar-refractivity contribution in [3.8, 4) is 11.3 Å². The molecule has 5 aromatic rings. The summed E-state index contributed by atoms with van der Waals surface area (Å²) in [5.41, 5.74) is 6.71. The first-order valence-electron chi connectivity index (χ1n) is 13.1. The number of hydrogen-bond acceptors (Lipinski definition) is 3. The summed E-state index contributed by atoms with van der Waals surface area (Å²) in [5.74, 6) is 0. The number of ether oxygens (including phenoxy) is 2. The largest absolute Gasteiger partial charge is 0.376 e. The molecule has 0 saturated heterocycles. The van der Waals surface area contributed by atoms with Crippen molar-refractivity contribution in [2.45, 2.75) is 54.8 Å². The summed E-state index contributed by atoms with van der Waals surface area (Å²) in [6.45, 7) is 15.6. The minimum absolute atomic E-state index is 0. The first-order valence-corrected chi connectivity index (χ1v) is 13.1. The third-order valence-corrected chi connectivity index (χ3v) is 6.36. The number of aromatic nitrogens is 2. The summed E-state index contributed by atoms with van der Waals surface area (Å²) < 4.78 is 14.7. The van der Waals surface area contributed by atoms with E-state index in [9.17, 15) is 0 Å². The molecule has 0 aliphatic carbocycles. The van der Waals surface area contributed by atoms with Gasteiger partial charge in [-0.2, -0.15) is 0 Å². The first-order chi connectivity index (χ1) is 17.6. The monoisotopic (exact) mass is 686 g/mol. The minimum Gasteiger partial charge on any atom is -0.376 e. The van der Waals surface area contributed by atoms with Crippen molar-refractivity contribution in [2.75, 3.05) is 13.2 Å². The number of pyridine rings is 1. The van der Waals surface area contributed by atoms with Gasteiger partial charge < -0.3 is 13.9 Å². The van der Waals surface area contributed by atoms with Crippen LogP contribution in [0, 0.1) is 16.9 Å². The van der Waals surface area contributed by atoms with Crippen molar-refractivity contribution in [2.24, 2.45) is 10.8 Å². The van der Waals surface area contributed by atoms with Gasteiger partial charge in [-0.05, 0) is 33.4 Å². The van der Waals surface area contributed by atoms with Gasteiger partial charge in [0.05, 0.1) is 37.8 Å². The topological polar surface area (TPSA) is 35.8 Å². The molecule has 2 heterocycles. The van der Waals surface area contributed by atoms with E-state index in [0.717, 1.165) is 38.9 Å². The van der Waals surface area contributed by atoms with Gasteiger partial charge in [-0.3, -0.25) is 4.98 Å². The Morgan fingerprint density at radius 3 is 2.00 bits per heavy atom. The molecular formula is C33H37IrN2O2-. The first kappa shape index (κ1) is 28.4. The maximum atomic E-state index is 6.23. The van der Waals surface area contributed by atoms with E-state index >= 15 is 0 Å². The predicted molar refractivity (Wildman–Crippen MR) is 153 cm³/mol. The zero-order chi connectivity index (χ0) is 26.2. The van der Waals surface area contributed by atoms with Crippen LogP contribution in [0.3, 0.4) is 0 Å². The van der Waals surface area contributed by atoms with Crippen LogP contribution in [0.15, 0.2) is 66.9 Å². The van der Waals surface area contributed by atoms with Crippen LogP contribution >= 0.6 is 0 Å². The van der Waals surface area contributed by atoms with E-state index in [0.29, 0.717) is 26.4 Å². The van der Waals surface area contributed by atoms with Crippen molar-refractivity contribution in [1.29, 1.82) is 0 Å². The molecule has 0 fully saturated rings. The maximum absolute atomic E-state index is 6.23. The van der Waals surface area contributed by atoms with E-state index in [2.05, 4.69) is 101 Å². The Bertz CT molecular complexity index is 1520. The van der Waals surface area contributed by atoms with Crippen LogP contribution in [-0.4, -0.2) is 22.6 Å². The van der Waals surface area contributed by atoms with Gasteiger partial charge in [0.15, 0.2) is 0 Å². The molecule has 3 aromatic carbocycles. The number of fused-ring (bicyclic) bond motifs is 6. The SMILES string of the molecule is CC(C)(C)COCc1cccc(COCC(C)(C)C)c1-c1cnc2c3[c-]cccc3c3ccccc3n12.[Ir]. The molecular weight excluding hydrogens is 649 g/mol. The second kappa shape index (κ2) is 11.3. The fourth-order valence-corrected chi connectivity index (χ4v) is 4.85. The Kier molecular flexibility index (Phi) is 8.44. The molecule has 5 rings (SSSR count). The van der Waals surface area contributed by atoms with Gasteiger partial charge >= 0.3 is 0 Å².